The van der Waals surface area contributed by atoms with Gasteiger partial charge in [-0.05, 0) is 54.6 Å². The summed E-state index contributed by atoms with van der Waals surface area (Å²) in [6.07, 6.45) is 3.92. The van der Waals surface area contributed by atoms with E-state index in [0.29, 0.717) is 6.54 Å². The van der Waals surface area contributed by atoms with E-state index >= 15 is 0 Å². The van der Waals surface area contributed by atoms with Crippen molar-refractivity contribution in [1.29, 1.82) is 0 Å². The maximum absolute atomic E-state index is 12.2. The van der Waals surface area contributed by atoms with Crippen LogP contribution in [0.2, 0.25) is 0 Å². The Balaban J connectivity index is 1.36. The molecule has 2 aromatic rings. The van der Waals surface area contributed by atoms with Crippen LogP contribution >= 0.6 is 0 Å². The van der Waals surface area contributed by atoms with Crippen LogP contribution in [0.15, 0.2) is 42.5 Å². The van der Waals surface area contributed by atoms with Gasteiger partial charge in [-0.1, -0.05) is 36.8 Å². The minimum Gasteiger partial charge on any atom is -0.493 e. The third kappa shape index (κ3) is 6.45. The standard InChI is InChI=1S/C23H32N2O4S/c1-28-22-15-20-11-14-25(17-21(20)16-23(22)29-2)13-8-4-7-12-24-30(26,27)18-19-9-5-3-6-10-19/h3,5-6,9-10,15-16,24H,4,7-8,11-14,17-18H2,1-2H3. The molecule has 0 atom stereocenters. The highest BCUT2D eigenvalue weighted by atomic mass is 32.2. The number of nitrogens with one attached hydrogen (secondary N) is 1. The summed E-state index contributed by atoms with van der Waals surface area (Å²) in [5, 5.41) is 0. The molecule has 0 spiro atoms. The molecule has 2 aromatic carbocycles. The molecule has 164 valence electrons. The summed E-state index contributed by atoms with van der Waals surface area (Å²) in [5.41, 5.74) is 3.44. The van der Waals surface area contributed by atoms with Crippen molar-refractivity contribution in [2.45, 2.75) is 38.0 Å². The number of methoxy groups -OCH3 is 2. The van der Waals surface area contributed by atoms with Gasteiger partial charge >= 0.3 is 0 Å². The van der Waals surface area contributed by atoms with Gasteiger partial charge in [0.25, 0.3) is 0 Å². The molecule has 1 aliphatic heterocycles. The number of benzene rings is 2. The molecule has 0 saturated heterocycles. The average molecular weight is 433 g/mol. The largest absolute Gasteiger partial charge is 0.493 e. The predicted molar refractivity (Wildman–Crippen MR) is 119 cm³/mol. The topological polar surface area (TPSA) is 67.9 Å². The molecule has 0 radical (unpaired) electrons. The molecular formula is C23H32N2O4S. The second-order valence-electron chi connectivity index (χ2n) is 7.70. The molecule has 0 amide bonds. The molecule has 1 aliphatic rings. The van der Waals surface area contributed by atoms with E-state index in [4.69, 9.17) is 9.47 Å². The third-order valence-electron chi connectivity index (χ3n) is 5.47. The molecule has 7 heteroatoms. The van der Waals surface area contributed by atoms with Gasteiger partial charge in [-0.25, -0.2) is 13.1 Å². The zero-order valence-electron chi connectivity index (χ0n) is 17.9. The number of rotatable bonds is 11. The van der Waals surface area contributed by atoms with E-state index < -0.39 is 10.0 Å². The van der Waals surface area contributed by atoms with Crippen LogP contribution in [0.4, 0.5) is 0 Å². The maximum atomic E-state index is 12.2. The van der Waals surface area contributed by atoms with E-state index in [-0.39, 0.29) is 5.75 Å². The molecule has 1 heterocycles. The fourth-order valence-corrected chi connectivity index (χ4v) is 5.03. The number of hydrogen-bond donors (Lipinski definition) is 1. The molecule has 0 aliphatic carbocycles. The van der Waals surface area contributed by atoms with Gasteiger partial charge in [-0.2, -0.15) is 0 Å². The van der Waals surface area contributed by atoms with Crippen LogP contribution in [0.25, 0.3) is 0 Å². The Bertz CT molecular complexity index is 916. The lowest BCUT2D eigenvalue weighted by molar-refractivity contribution is 0.247. The predicted octanol–water partition coefficient (Wildman–Crippen LogP) is 3.35. The number of nitrogens with zero attached hydrogens (tertiary/aromatic N) is 1. The monoisotopic (exact) mass is 432 g/mol. The minimum absolute atomic E-state index is 0.0370. The summed E-state index contributed by atoms with van der Waals surface area (Å²) in [7, 11) is 0.0627. The Hall–Kier alpha value is -2.09. The van der Waals surface area contributed by atoms with Gasteiger partial charge in [0.15, 0.2) is 11.5 Å². The number of fused-ring (bicyclic) bond motifs is 1. The highest BCUT2D eigenvalue weighted by Crippen LogP contribution is 2.33. The SMILES string of the molecule is COc1cc2c(cc1OC)CN(CCCCCNS(=O)(=O)Cc1ccccc1)CC2. The molecular weight excluding hydrogens is 400 g/mol. The van der Waals surface area contributed by atoms with Crippen molar-refractivity contribution in [3.05, 3.63) is 59.2 Å². The number of hydrogen-bond acceptors (Lipinski definition) is 5. The lowest BCUT2D eigenvalue weighted by Gasteiger charge is -2.29. The van der Waals surface area contributed by atoms with E-state index in [1.807, 2.05) is 30.3 Å². The lowest BCUT2D eigenvalue weighted by Crippen LogP contribution is -2.31. The Kier molecular flexibility index (Phi) is 8.13. The number of ether oxygens (including phenoxy) is 2. The number of sulfonamides is 1. The van der Waals surface area contributed by atoms with E-state index in [9.17, 15) is 8.42 Å². The van der Waals surface area contributed by atoms with Crippen molar-refractivity contribution in [2.24, 2.45) is 0 Å². The molecule has 3 rings (SSSR count). The summed E-state index contributed by atoms with van der Waals surface area (Å²) >= 11 is 0. The number of unbranched alkanes of at least 4 members (excludes halogenated alkanes) is 2. The molecule has 0 unspecified atom stereocenters. The first-order valence-electron chi connectivity index (χ1n) is 10.5. The van der Waals surface area contributed by atoms with Crippen LogP contribution in [0.5, 0.6) is 11.5 Å². The van der Waals surface area contributed by atoms with Gasteiger partial charge in [0.05, 0.1) is 20.0 Å². The van der Waals surface area contributed by atoms with Gasteiger partial charge < -0.3 is 9.47 Å². The lowest BCUT2D eigenvalue weighted by atomic mass is 9.98. The second-order valence-corrected chi connectivity index (χ2v) is 9.51. The molecule has 0 aromatic heterocycles. The summed E-state index contributed by atoms with van der Waals surface area (Å²) in [6.45, 7) is 3.46. The first-order chi connectivity index (χ1) is 14.5. The normalized spacial score (nSPS) is 14.3. The highest BCUT2D eigenvalue weighted by Gasteiger charge is 2.19. The van der Waals surface area contributed by atoms with Crippen molar-refractivity contribution < 1.29 is 17.9 Å². The Morgan fingerprint density at radius 2 is 1.67 bits per heavy atom. The zero-order chi connectivity index (χ0) is 21.4. The molecule has 30 heavy (non-hydrogen) atoms. The molecule has 0 bridgehead atoms. The van der Waals surface area contributed by atoms with Gasteiger partial charge in [-0.3, -0.25) is 4.90 Å². The van der Waals surface area contributed by atoms with E-state index in [0.717, 1.165) is 62.4 Å². The summed E-state index contributed by atoms with van der Waals surface area (Å²) < 4.78 is 37.9. The second kappa shape index (κ2) is 10.8. The van der Waals surface area contributed by atoms with Crippen LogP contribution in [0.3, 0.4) is 0 Å². The molecule has 0 saturated carbocycles. The van der Waals surface area contributed by atoms with Gasteiger partial charge in [0.2, 0.25) is 10.0 Å². The van der Waals surface area contributed by atoms with Crippen LogP contribution in [0.1, 0.15) is 36.0 Å². The first-order valence-corrected chi connectivity index (χ1v) is 12.1. The van der Waals surface area contributed by atoms with Crippen molar-refractivity contribution in [3.63, 3.8) is 0 Å². The van der Waals surface area contributed by atoms with Crippen molar-refractivity contribution >= 4 is 10.0 Å². The van der Waals surface area contributed by atoms with E-state index in [2.05, 4.69) is 21.8 Å². The van der Waals surface area contributed by atoms with E-state index in [1.54, 1.807) is 14.2 Å². The van der Waals surface area contributed by atoms with Crippen molar-refractivity contribution in [1.82, 2.24) is 9.62 Å². The van der Waals surface area contributed by atoms with Crippen LogP contribution in [0, 0.1) is 0 Å². The summed E-state index contributed by atoms with van der Waals surface area (Å²) in [5.74, 6) is 1.61. The summed E-state index contributed by atoms with van der Waals surface area (Å²) in [6, 6.07) is 13.4. The van der Waals surface area contributed by atoms with E-state index in [1.165, 1.54) is 11.1 Å². The minimum atomic E-state index is -3.27. The Labute approximate surface area is 180 Å². The Morgan fingerprint density at radius 1 is 0.967 bits per heavy atom. The molecule has 6 nitrogen and oxygen atoms in total. The van der Waals surface area contributed by atoms with Crippen molar-refractivity contribution in [2.75, 3.05) is 33.9 Å². The maximum Gasteiger partial charge on any atom is 0.215 e. The zero-order valence-corrected chi connectivity index (χ0v) is 18.7. The van der Waals surface area contributed by atoms with Crippen LogP contribution in [-0.2, 0) is 28.7 Å². The first kappa shape index (κ1) is 22.6. The third-order valence-corrected chi connectivity index (χ3v) is 6.83. The van der Waals surface area contributed by atoms with Gasteiger partial charge in [-0.15, -0.1) is 0 Å². The molecule has 1 N–H and O–H groups in total. The average Bonchev–Trinajstić information content (AvgIpc) is 2.75. The Morgan fingerprint density at radius 3 is 2.37 bits per heavy atom. The van der Waals surface area contributed by atoms with Gasteiger partial charge in [0, 0.05) is 19.6 Å². The highest BCUT2D eigenvalue weighted by molar-refractivity contribution is 7.88. The van der Waals surface area contributed by atoms with Crippen LogP contribution in [-0.4, -0.2) is 47.2 Å². The van der Waals surface area contributed by atoms with Crippen LogP contribution < -0.4 is 14.2 Å². The fourth-order valence-electron chi connectivity index (χ4n) is 3.84. The smallest absolute Gasteiger partial charge is 0.215 e. The molecule has 0 fully saturated rings. The van der Waals surface area contributed by atoms with Crippen molar-refractivity contribution in [3.8, 4) is 11.5 Å². The quantitative estimate of drug-likeness (QED) is 0.552. The van der Waals surface area contributed by atoms with Gasteiger partial charge in [0.1, 0.15) is 0 Å². The fraction of sp³-hybridized carbons (Fsp3) is 0.478. The summed E-state index contributed by atoms with van der Waals surface area (Å²) in [4.78, 5) is 2.45.